The zero-order chi connectivity index (χ0) is 20.4. The summed E-state index contributed by atoms with van der Waals surface area (Å²) in [7, 11) is 2.10. The van der Waals surface area contributed by atoms with Crippen molar-refractivity contribution in [2.75, 3.05) is 7.05 Å². The average Bonchev–Trinajstić information content (AvgIpc) is 2.61. The first kappa shape index (κ1) is 23.3. The Bertz CT molecular complexity index is 654. The topological polar surface area (TPSA) is 3.01 Å². The Kier molecular flexibility index (Phi) is 10.3. The van der Waals surface area contributed by atoms with Crippen molar-refractivity contribution in [1.29, 1.82) is 0 Å². The maximum atomic E-state index is 15.0. The minimum absolute atomic E-state index is 0.489. The molecule has 0 radical (unpaired) electrons. The molecule has 0 saturated carbocycles. The lowest BCUT2D eigenvalue weighted by Crippen LogP contribution is -2.19. The Morgan fingerprint density at radius 2 is 1.85 bits per heavy atom. The normalized spacial score (nSPS) is 19.4. The van der Waals surface area contributed by atoms with E-state index in [1.165, 1.54) is 18.4 Å². The van der Waals surface area contributed by atoms with E-state index in [-0.39, 0.29) is 0 Å². The van der Waals surface area contributed by atoms with Crippen LogP contribution in [0.4, 0.5) is 4.39 Å². The largest absolute Gasteiger partial charge is 0.238 e. The second kappa shape index (κ2) is 11.9. The number of rotatable bonds is 8. The Balaban J connectivity index is 3.47. The minimum atomic E-state index is -1.08. The van der Waals surface area contributed by atoms with E-state index in [9.17, 15) is 4.39 Å². The Morgan fingerprint density at radius 3 is 2.41 bits per heavy atom. The van der Waals surface area contributed by atoms with Gasteiger partial charge in [-0.05, 0) is 50.7 Å². The molecular formula is C25H39FN+. The molecule has 0 amide bonds. The maximum Gasteiger partial charge on any atom is 0.207 e. The predicted octanol–water partition coefficient (Wildman–Crippen LogP) is 7.18. The van der Waals surface area contributed by atoms with Crippen LogP contribution in [0.3, 0.4) is 0 Å². The molecule has 150 valence electrons. The third-order valence-corrected chi connectivity index (χ3v) is 5.59. The zero-order valence-electron chi connectivity index (χ0n) is 18.4. The second-order valence-corrected chi connectivity index (χ2v) is 7.56. The van der Waals surface area contributed by atoms with Crippen molar-refractivity contribution in [3.63, 3.8) is 0 Å². The van der Waals surface area contributed by atoms with Crippen LogP contribution < -0.4 is 0 Å². The highest BCUT2D eigenvalue weighted by Gasteiger charge is 2.22. The predicted molar refractivity (Wildman–Crippen MR) is 118 cm³/mol. The molecule has 1 aliphatic rings. The summed E-state index contributed by atoms with van der Waals surface area (Å²) in [6.45, 7) is 12.8. The van der Waals surface area contributed by atoms with Crippen molar-refractivity contribution >= 4 is 6.21 Å². The van der Waals surface area contributed by atoms with Gasteiger partial charge in [0.05, 0.1) is 0 Å². The molecule has 2 unspecified atom stereocenters. The van der Waals surface area contributed by atoms with Crippen molar-refractivity contribution < 1.29 is 8.97 Å². The van der Waals surface area contributed by atoms with E-state index in [2.05, 4.69) is 63.8 Å². The first-order chi connectivity index (χ1) is 12.9. The van der Waals surface area contributed by atoms with Gasteiger partial charge in [0, 0.05) is 17.6 Å². The molecule has 0 heterocycles. The molecule has 27 heavy (non-hydrogen) atoms. The molecular weight excluding hydrogens is 333 g/mol. The molecule has 0 spiro atoms. The van der Waals surface area contributed by atoms with Gasteiger partial charge in [-0.2, -0.15) is 0 Å². The molecule has 2 heteroatoms. The van der Waals surface area contributed by atoms with E-state index in [1.807, 2.05) is 19.9 Å². The number of hydrogen-bond donors (Lipinski definition) is 0. The molecule has 0 N–H and O–H groups in total. The van der Waals surface area contributed by atoms with Crippen molar-refractivity contribution in [2.45, 2.75) is 73.4 Å². The number of allylic oxidation sites excluding steroid dienone is 9. The monoisotopic (exact) mass is 372 g/mol. The molecule has 1 nitrogen and oxygen atoms in total. The fourth-order valence-corrected chi connectivity index (χ4v) is 3.92. The van der Waals surface area contributed by atoms with Gasteiger partial charge in [-0.3, -0.25) is 0 Å². The van der Waals surface area contributed by atoms with Gasteiger partial charge in [0.15, 0.2) is 0 Å². The van der Waals surface area contributed by atoms with E-state index >= 15 is 0 Å². The highest BCUT2D eigenvalue weighted by atomic mass is 19.1. The molecule has 0 saturated heterocycles. The Morgan fingerprint density at radius 1 is 1.19 bits per heavy atom. The fraction of sp³-hybridized carbons (Fsp3) is 0.560. The summed E-state index contributed by atoms with van der Waals surface area (Å²) in [5.74, 6) is 1.17. The van der Waals surface area contributed by atoms with Crippen LogP contribution >= 0.6 is 0 Å². The van der Waals surface area contributed by atoms with Crippen LogP contribution in [0.25, 0.3) is 0 Å². The summed E-state index contributed by atoms with van der Waals surface area (Å²) in [5.41, 5.74) is 4.18. The molecule has 1 aliphatic carbocycles. The Labute approximate surface area is 166 Å². The van der Waals surface area contributed by atoms with E-state index in [1.54, 1.807) is 12.2 Å². The summed E-state index contributed by atoms with van der Waals surface area (Å²) < 4.78 is 17.2. The van der Waals surface area contributed by atoms with E-state index < -0.39 is 6.17 Å². The van der Waals surface area contributed by atoms with Gasteiger partial charge in [0.1, 0.15) is 19.4 Å². The van der Waals surface area contributed by atoms with Gasteiger partial charge in [0.2, 0.25) is 5.70 Å². The number of hydrogen-bond acceptors (Lipinski definition) is 0. The number of halogens is 1. The van der Waals surface area contributed by atoms with Crippen LogP contribution in [-0.2, 0) is 0 Å². The summed E-state index contributed by atoms with van der Waals surface area (Å²) >= 11 is 0. The van der Waals surface area contributed by atoms with Crippen molar-refractivity contribution in [3.8, 4) is 0 Å². The number of nitrogens with zero attached hydrogens (tertiary/aromatic N) is 1. The lowest BCUT2D eigenvalue weighted by atomic mass is 9.90. The molecule has 0 aliphatic heterocycles. The molecule has 0 fully saturated rings. The van der Waals surface area contributed by atoms with Crippen molar-refractivity contribution in [2.24, 2.45) is 11.8 Å². The lowest BCUT2D eigenvalue weighted by Gasteiger charge is -2.18. The molecule has 0 aromatic heterocycles. The van der Waals surface area contributed by atoms with Gasteiger partial charge in [-0.25, -0.2) is 8.97 Å². The molecule has 0 aromatic carbocycles. The third-order valence-electron chi connectivity index (χ3n) is 5.59. The van der Waals surface area contributed by atoms with Gasteiger partial charge in [0.25, 0.3) is 0 Å². The molecule has 1 rings (SSSR count). The average molecular weight is 373 g/mol. The van der Waals surface area contributed by atoms with Crippen LogP contribution in [0.15, 0.2) is 58.9 Å². The lowest BCUT2D eigenvalue weighted by molar-refractivity contribution is -0.437. The fourth-order valence-electron chi connectivity index (χ4n) is 3.92. The summed E-state index contributed by atoms with van der Waals surface area (Å²) in [6, 6.07) is 0. The third kappa shape index (κ3) is 6.75. The van der Waals surface area contributed by atoms with Crippen LogP contribution in [0.1, 0.15) is 67.2 Å². The second-order valence-electron chi connectivity index (χ2n) is 7.56. The smallest absolute Gasteiger partial charge is 0.207 e. The van der Waals surface area contributed by atoms with Crippen LogP contribution in [0.5, 0.6) is 0 Å². The van der Waals surface area contributed by atoms with E-state index in [0.29, 0.717) is 11.8 Å². The minimum Gasteiger partial charge on any atom is -0.238 e. The van der Waals surface area contributed by atoms with Gasteiger partial charge in [-0.15, -0.1) is 0 Å². The van der Waals surface area contributed by atoms with E-state index in [0.717, 1.165) is 29.7 Å². The first-order valence-corrected chi connectivity index (χ1v) is 10.5. The van der Waals surface area contributed by atoms with Crippen LogP contribution in [0, 0.1) is 11.8 Å². The zero-order valence-corrected chi connectivity index (χ0v) is 18.4. The summed E-state index contributed by atoms with van der Waals surface area (Å²) in [4.78, 5) is 0. The SMILES string of the molecule is CC=CC1=C(C(F)C=CC)C=C([N+](C)=CC(C)C(CC)CC)C(C)=CCC1. The maximum absolute atomic E-state index is 15.0. The van der Waals surface area contributed by atoms with Gasteiger partial charge < -0.3 is 0 Å². The van der Waals surface area contributed by atoms with Crippen LogP contribution in [0.2, 0.25) is 0 Å². The van der Waals surface area contributed by atoms with Crippen LogP contribution in [-0.4, -0.2) is 24.0 Å². The molecule has 0 aromatic rings. The molecule has 0 bridgehead atoms. The van der Waals surface area contributed by atoms with Gasteiger partial charge in [-0.1, -0.05) is 64.0 Å². The first-order valence-electron chi connectivity index (χ1n) is 10.5. The van der Waals surface area contributed by atoms with Crippen molar-refractivity contribution in [3.05, 3.63) is 58.9 Å². The van der Waals surface area contributed by atoms with E-state index in [4.69, 9.17) is 0 Å². The summed E-state index contributed by atoms with van der Waals surface area (Å²) in [5, 5.41) is 0. The highest BCUT2D eigenvalue weighted by molar-refractivity contribution is 5.56. The highest BCUT2D eigenvalue weighted by Crippen LogP contribution is 2.28. The number of alkyl halides is 1. The number of likely N-dealkylation sites (N-methyl/N-ethyl adjacent to an activating group) is 1. The quantitative estimate of drug-likeness (QED) is 0.241. The Hall–Kier alpha value is -1.70. The summed E-state index contributed by atoms with van der Waals surface area (Å²) in [6.07, 6.45) is 17.2. The standard InChI is InChI=1S/C25H39FN/c1-8-13-22-16-12-15-19(5)25(17-23(22)24(26)14-9-2)27(7)18-20(6)21(10-3)11-4/h8-9,13-15,17-18,20-21,24H,10-12,16H2,1-7H3/q+1. The van der Waals surface area contributed by atoms with Crippen molar-refractivity contribution in [1.82, 2.24) is 0 Å². The molecule has 2 atom stereocenters. The van der Waals surface area contributed by atoms with Gasteiger partial charge >= 0.3 is 0 Å².